The van der Waals surface area contributed by atoms with Crippen molar-refractivity contribution in [2.45, 2.75) is 49.6 Å². The Bertz CT molecular complexity index is 1490. The first-order valence-corrected chi connectivity index (χ1v) is 12.0. The van der Waals surface area contributed by atoms with Gasteiger partial charge in [0.2, 0.25) is 0 Å². The Labute approximate surface area is 202 Å². The summed E-state index contributed by atoms with van der Waals surface area (Å²) in [6.45, 7) is 3.78. The normalized spacial score (nSPS) is 26.6. The van der Waals surface area contributed by atoms with Crippen molar-refractivity contribution in [2.75, 3.05) is 0 Å². The molecular weight excluding hydrogens is 446 g/mol. The second kappa shape index (κ2) is 7.47. The maximum atomic E-state index is 10.2. The number of hydrogen-bond acceptors (Lipinski definition) is 5. The van der Waals surface area contributed by atoms with Crippen LogP contribution in [0.25, 0.3) is 33.5 Å². The molecule has 4 aromatic rings. The maximum absolute atomic E-state index is 10.2. The molecule has 6 rings (SSSR count). The Balaban J connectivity index is 1.52. The lowest BCUT2D eigenvalue weighted by Crippen LogP contribution is -2.58. The van der Waals surface area contributed by atoms with Gasteiger partial charge in [0.15, 0.2) is 11.3 Å². The van der Waals surface area contributed by atoms with Gasteiger partial charge in [-0.2, -0.15) is 9.61 Å². The molecule has 7 heteroatoms. The van der Waals surface area contributed by atoms with E-state index < -0.39 is 11.1 Å². The molecule has 1 aromatic carbocycles. The summed E-state index contributed by atoms with van der Waals surface area (Å²) in [5, 5.41) is 15.7. The monoisotopic (exact) mass is 471 g/mol. The molecule has 1 saturated carbocycles. The summed E-state index contributed by atoms with van der Waals surface area (Å²) in [7, 11) is 0. The van der Waals surface area contributed by atoms with Gasteiger partial charge in [-0.3, -0.25) is 0 Å². The molecule has 1 unspecified atom stereocenters. The van der Waals surface area contributed by atoms with Gasteiger partial charge in [-0.15, -0.1) is 11.6 Å². The van der Waals surface area contributed by atoms with Crippen molar-refractivity contribution in [2.24, 2.45) is 5.73 Å². The summed E-state index contributed by atoms with van der Waals surface area (Å²) >= 11 is 6.47. The zero-order chi connectivity index (χ0) is 23.7. The summed E-state index contributed by atoms with van der Waals surface area (Å²) in [6, 6.07) is 12.3. The number of allylic oxidation sites excluding steroid dienone is 4. The number of alkyl halides is 1. The standard InChI is InChI=1S/C27H26ClN5O/c1-16-10-23-30-13-19-12-22(18-4-3-5-21(28)11-18)24(31-25(19)33(23)32-16)17-6-8-20(9-7-17)27(29)14-26(2,34)15-27/h3-4,6-13,21,34H,5,14-15,29H2,1-2H3. The molecule has 2 aliphatic rings. The number of rotatable bonds is 3. The first-order valence-electron chi connectivity index (χ1n) is 11.5. The van der Waals surface area contributed by atoms with Gasteiger partial charge in [0, 0.05) is 34.3 Å². The van der Waals surface area contributed by atoms with E-state index in [2.05, 4.69) is 58.6 Å². The average Bonchev–Trinajstić information content (AvgIpc) is 3.18. The number of benzene rings is 1. The molecule has 0 radical (unpaired) electrons. The minimum atomic E-state index is -0.695. The Morgan fingerprint density at radius 3 is 2.65 bits per heavy atom. The van der Waals surface area contributed by atoms with Crippen LogP contribution in [0.2, 0.25) is 0 Å². The van der Waals surface area contributed by atoms with E-state index in [9.17, 15) is 5.11 Å². The second-order valence-corrected chi connectivity index (χ2v) is 10.5. The van der Waals surface area contributed by atoms with Crippen LogP contribution < -0.4 is 5.73 Å². The van der Waals surface area contributed by atoms with Crippen molar-refractivity contribution in [3.8, 4) is 11.3 Å². The van der Waals surface area contributed by atoms with Gasteiger partial charge in [-0.05, 0) is 50.3 Å². The van der Waals surface area contributed by atoms with Crippen molar-refractivity contribution >= 4 is 33.9 Å². The fourth-order valence-electron chi connectivity index (χ4n) is 5.39. The van der Waals surface area contributed by atoms with Crippen LogP contribution in [0.4, 0.5) is 0 Å². The highest BCUT2D eigenvalue weighted by Gasteiger charge is 2.49. The molecule has 3 heterocycles. The van der Waals surface area contributed by atoms with Gasteiger partial charge in [-0.25, -0.2) is 9.97 Å². The van der Waals surface area contributed by atoms with Gasteiger partial charge >= 0.3 is 0 Å². The largest absolute Gasteiger partial charge is 0.390 e. The summed E-state index contributed by atoms with van der Waals surface area (Å²) in [6.07, 6.45) is 10.1. The van der Waals surface area contributed by atoms with Crippen LogP contribution in [0.3, 0.4) is 0 Å². The molecule has 0 aliphatic heterocycles. The lowest BCUT2D eigenvalue weighted by atomic mass is 9.63. The SMILES string of the molecule is Cc1cc2ncc3cc(C4=CC(Cl)CC=C4)c(-c4ccc(C5(N)CC(C)(O)C5)cc4)nc3n2n1. The van der Waals surface area contributed by atoms with E-state index >= 15 is 0 Å². The summed E-state index contributed by atoms with van der Waals surface area (Å²) in [5.41, 5.74) is 12.7. The molecule has 6 nitrogen and oxygen atoms in total. The fraction of sp³-hybridized carbons (Fsp3) is 0.296. The third kappa shape index (κ3) is 3.54. The zero-order valence-electron chi connectivity index (χ0n) is 19.2. The Morgan fingerprint density at radius 1 is 1.18 bits per heavy atom. The molecule has 3 N–H and O–H groups in total. The molecule has 0 saturated heterocycles. The first kappa shape index (κ1) is 21.5. The van der Waals surface area contributed by atoms with Crippen LogP contribution >= 0.6 is 11.6 Å². The molecule has 34 heavy (non-hydrogen) atoms. The smallest absolute Gasteiger partial charge is 0.165 e. The number of nitrogens with zero attached hydrogens (tertiary/aromatic N) is 4. The highest BCUT2D eigenvalue weighted by Crippen LogP contribution is 2.46. The van der Waals surface area contributed by atoms with E-state index in [4.69, 9.17) is 22.3 Å². The number of nitrogens with two attached hydrogens (primary N) is 1. The van der Waals surface area contributed by atoms with Crippen molar-refractivity contribution in [1.82, 2.24) is 19.6 Å². The third-order valence-corrected chi connectivity index (χ3v) is 7.14. The molecule has 0 spiro atoms. The number of hydrogen-bond donors (Lipinski definition) is 2. The van der Waals surface area contributed by atoms with Crippen LogP contribution in [-0.2, 0) is 5.54 Å². The number of pyridine rings is 1. The van der Waals surface area contributed by atoms with E-state index in [1.165, 1.54) is 0 Å². The molecule has 3 aromatic heterocycles. The van der Waals surface area contributed by atoms with Crippen LogP contribution in [0.1, 0.15) is 43.0 Å². The van der Waals surface area contributed by atoms with Crippen LogP contribution in [0, 0.1) is 6.92 Å². The van der Waals surface area contributed by atoms with E-state index in [0.29, 0.717) is 12.8 Å². The highest BCUT2D eigenvalue weighted by atomic mass is 35.5. The zero-order valence-corrected chi connectivity index (χ0v) is 19.9. The number of aliphatic hydroxyl groups is 1. The average molecular weight is 472 g/mol. The highest BCUT2D eigenvalue weighted by molar-refractivity contribution is 6.22. The Kier molecular flexibility index (Phi) is 4.72. The van der Waals surface area contributed by atoms with Crippen LogP contribution in [0.15, 0.2) is 60.8 Å². The quantitative estimate of drug-likeness (QED) is 0.415. The molecule has 0 amide bonds. The summed E-state index contributed by atoms with van der Waals surface area (Å²) in [4.78, 5) is 9.67. The molecule has 1 atom stereocenters. The Morgan fingerprint density at radius 2 is 1.94 bits per heavy atom. The summed E-state index contributed by atoms with van der Waals surface area (Å²) < 4.78 is 1.80. The predicted octanol–water partition coefficient (Wildman–Crippen LogP) is 4.90. The molecule has 0 bridgehead atoms. The maximum Gasteiger partial charge on any atom is 0.165 e. The lowest BCUT2D eigenvalue weighted by Gasteiger charge is -2.49. The Hall–Kier alpha value is -3.06. The van der Waals surface area contributed by atoms with Gasteiger partial charge < -0.3 is 10.8 Å². The van der Waals surface area contributed by atoms with Crippen molar-refractivity contribution in [3.05, 3.63) is 77.6 Å². The van der Waals surface area contributed by atoms with E-state index in [-0.39, 0.29) is 5.38 Å². The third-order valence-electron chi connectivity index (χ3n) is 6.84. The first-order chi connectivity index (χ1) is 16.2. The van der Waals surface area contributed by atoms with Crippen LogP contribution in [0.5, 0.6) is 0 Å². The predicted molar refractivity (Wildman–Crippen MR) is 136 cm³/mol. The van der Waals surface area contributed by atoms with Gasteiger partial charge in [-0.1, -0.05) is 42.5 Å². The molecule has 172 valence electrons. The number of halogens is 1. The molecular formula is C27H26ClN5O. The van der Waals surface area contributed by atoms with Crippen LogP contribution in [-0.4, -0.2) is 35.7 Å². The van der Waals surface area contributed by atoms with E-state index in [1.54, 1.807) is 4.52 Å². The number of aromatic nitrogens is 4. The second-order valence-electron chi connectivity index (χ2n) is 9.97. The topological polar surface area (TPSA) is 89.3 Å². The van der Waals surface area contributed by atoms with Crippen molar-refractivity contribution in [1.29, 1.82) is 0 Å². The minimum Gasteiger partial charge on any atom is -0.390 e. The minimum absolute atomic E-state index is 0.0520. The van der Waals surface area contributed by atoms with E-state index in [1.807, 2.05) is 26.1 Å². The summed E-state index contributed by atoms with van der Waals surface area (Å²) in [5.74, 6) is 0. The van der Waals surface area contributed by atoms with Gasteiger partial charge in [0.1, 0.15) is 0 Å². The van der Waals surface area contributed by atoms with Crippen molar-refractivity contribution in [3.63, 3.8) is 0 Å². The molecule has 1 fully saturated rings. The van der Waals surface area contributed by atoms with Gasteiger partial charge in [0.05, 0.1) is 22.4 Å². The fourth-order valence-corrected chi connectivity index (χ4v) is 5.63. The van der Waals surface area contributed by atoms with Gasteiger partial charge in [0.25, 0.3) is 0 Å². The number of aryl methyl sites for hydroxylation is 1. The molecule has 2 aliphatic carbocycles. The van der Waals surface area contributed by atoms with Crippen molar-refractivity contribution < 1.29 is 5.11 Å². The lowest BCUT2D eigenvalue weighted by molar-refractivity contribution is -0.0738. The van der Waals surface area contributed by atoms with E-state index in [0.717, 1.165) is 56.8 Å². The number of fused-ring (bicyclic) bond motifs is 3.